The smallest absolute Gasteiger partial charge is 0.343 e. The van der Waals surface area contributed by atoms with Gasteiger partial charge < -0.3 is 4.74 Å². The maximum atomic E-state index is 13.1. The highest BCUT2D eigenvalue weighted by molar-refractivity contribution is 7.89. The van der Waals surface area contributed by atoms with Crippen LogP contribution in [0.3, 0.4) is 0 Å². The van der Waals surface area contributed by atoms with E-state index in [-0.39, 0.29) is 40.1 Å². The second-order valence-corrected chi connectivity index (χ2v) is 9.30. The van der Waals surface area contributed by atoms with E-state index in [1.807, 2.05) is 0 Å². The summed E-state index contributed by atoms with van der Waals surface area (Å²) in [7, 11) is -3.87. The fourth-order valence-corrected chi connectivity index (χ4v) is 5.10. The van der Waals surface area contributed by atoms with Crippen molar-refractivity contribution in [3.05, 3.63) is 94.3 Å². The Hall–Kier alpha value is -3.07. The van der Waals surface area contributed by atoms with Crippen LogP contribution in [0.15, 0.2) is 71.6 Å². The number of hydrogen-bond donors (Lipinski definition) is 0. The molecule has 3 aromatic carbocycles. The third kappa shape index (κ3) is 5.47. The van der Waals surface area contributed by atoms with Crippen LogP contribution in [0.2, 0.25) is 5.02 Å². The zero-order chi connectivity index (χ0) is 24.2. The molecule has 6 nitrogen and oxygen atoms in total. The lowest BCUT2D eigenvalue weighted by Gasteiger charge is -2.19. The zero-order valence-corrected chi connectivity index (χ0v) is 19.5. The van der Waals surface area contributed by atoms with E-state index in [9.17, 15) is 22.4 Å². The van der Waals surface area contributed by atoms with E-state index in [0.29, 0.717) is 11.1 Å². The quantitative estimate of drug-likeness (QED) is 0.254. The highest BCUT2D eigenvalue weighted by atomic mass is 35.5. The minimum Gasteiger partial charge on any atom is -0.423 e. The molecule has 0 amide bonds. The molecule has 0 heterocycles. The summed E-state index contributed by atoms with van der Waals surface area (Å²) in [5.41, 5.74) is 0.668. The fraction of sp³-hybridized carbons (Fsp3) is 0.167. The number of carbonyl (C=O) groups excluding carboxylic acids is 2. The molecule has 0 atom stereocenters. The fourth-order valence-electron chi connectivity index (χ4n) is 3.14. The Kier molecular flexibility index (Phi) is 7.63. The first-order valence-electron chi connectivity index (χ1n) is 10.1. The van der Waals surface area contributed by atoms with Crippen LogP contribution in [0.4, 0.5) is 4.39 Å². The molecule has 0 aliphatic heterocycles. The van der Waals surface area contributed by atoms with Crippen molar-refractivity contribution in [1.29, 1.82) is 0 Å². The van der Waals surface area contributed by atoms with Crippen molar-refractivity contribution in [3.63, 3.8) is 0 Å². The van der Waals surface area contributed by atoms with Crippen molar-refractivity contribution in [2.75, 3.05) is 13.1 Å². The van der Waals surface area contributed by atoms with Crippen LogP contribution in [-0.4, -0.2) is 37.6 Å². The van der Waals surface area contributed by atoms with Gasteiger partial charge >= 0.3 is 5.97 Å². The predicted octanol–water partition coefficient (Wildman–Crippen LogP) is 4.96. The molecule has 0 saturated heterocycles. The van der Waals surface area contributed by atoms with Crippen molar-refractivity contribution < 1.29 is 27.1 Å². The van der Waals surface area contributed by atoms with E-state index in [1.54, 1.807) is 13.8 Å². The molecule has 3 aromatic rings. The molecule has 0 spiro atoms. The van der Waals surface area contributed by atoms with E-state index >= 15 is 0 Å². The van der Waals surface area contributed by atoms with Gasteiger partial charge in [-0.25, -0.2) is 17.6 Å². The average molecular weight is 490 g/mol. The SMILES string of the molecule is CCN(CC)S(=O)(=O)c1cc(C(=O)Oc2ccc(C(=O)c3ccc(F)cc3)cc2)ccc1Cl. The minimum absolute atomic E-state index is 0.00195. The maximum Gasteiger partial charge on any atom is 0.343 e. The average Bonchev–Trinajstić information content (AvgIpc) is 2.80. The van der Waals surface area contributed by atoms with Gasteiger partial charge in [-0.3, -0.25) is 4.79 Å². The molecule has 0 aromatic heterocycles. The van der Waals surface area contributed by atoms with Crippen molar-refractivity contribution >= 4 is 33.4 Å². The molecule has 33 heavy (non-hydrogen) atoms. The normalized spacial score (nSPS) is 11.4. The Morgan fingerprint density at radius 2 is 1.39 bits per heavy atom. The van der Waals surface area contributed by atoms with E-state index in [2.05, 4.69) is 0 Å². The van der Waals surface area contributed by atoms with Crippen LogP contribution in [0, 0.1) is 5.82 Å². The van der Waals surface area contributed by atoms with Gasteiger partial charge in [-0.1, -0.05) is 25.4 Å². The van der Waals surface area contributed by atoms with Gasteiger partial charge in [-0.05, 0) is 66.7 Å². The number of ketones is 1. The topological polar surface area (TPSA) is 80.8 Å². The van der Waals surface area contributed by atoms with E-state index < -0.39 is 21.8 Å². The van der Waals surface area contributed by atoms with Gasteiger partial charge in [0.1, 0.15) is 16.5 Å². The number of sulfonamides is 1. The van der Waals surface area contributed by atoms with Gasteiger partial charge in [0.25, 0.3) is 0 Å². The summed E-state index contributed by atoms with van der Waals surface area (Å²) in [5.74, 6) is -1.36. The van der Waals surface area contributed by atoms with Crippen LogP contribution in [0.5, 0.6) is 5.75 Å². The molecule has 0 bridgehead atoms. The van der Waals surface area contributed by atoms with Crippen molar-refractivity contribution in [3.8, 4) is 5.75 Å². The van der Waals surface area contributed by atoms with Gasteiger partial charge in [-0.15, -0.1) is 0 Å². The Morgan fingerprint density at radius 1 is 0.879 bits per heavy atom. The summed E-state index contributed by atoms with van der Waals surface area (Å²) in [6.45, 7) is 3.93. The van der Waals surface area contributed by atoms with Crippen LogP contribution in [0.25, 0.3) is 0 Å². The summed E-state index contributed by atoms with van der Waals surface area (Å²) < 4.78 is 45.3. The first-order valence-corrected chi connectivity index (χ1v) is 11.9. The van der Waals surface area contributed by atoms with Gasteiger partial charge in [-0.2, -0.15) is 4.31 Å². The highest BCUT2D eigenvalue weighted by Gasteiger charge is 2.26. The van der Waals surface area contributed by atoms with Crippen LogP contribution >= 0.6 is 11.6 Å². The van der Waals surface area contributed by atoms with Crippen LogP contribution in [0.1, 0.15) is 40.1 Å². The lowest BCUT2D eigenvalue weighted by Crippen LogP contribution is -2.31. The third-order valence-corrected chi connectivity index (χ3v) is 7.46. The van der Waals surface area contributed by atoms with E-state index in [0.717, 1.165) is 0 Å². The van der Waals surface area contributed by atoms with Crippen molar-refractivity contribution in [2.45, 2.75) is 18.7 Å². The first-order chi connectivity index (χ1) is 15.7. The molecule has 0 aliphatic rings. The van der Waals surface area contributed by atoms with Crippen LogP contribution in [-0.2, 0) is 10.0 Å². The Balaban J connectivity index is 1.79. The number of esters is 1. The maximum absolute atomic E-state index is 13.1. The summed E-state index contributed by atoms with van der Waals surface area (Å²) in [5, 5.41) is 0.00195. The number of halogens is 2. The molecule has 172 valence electrons. The Labute approximate surface area is 196 Å². The number of carbonyl (C=O) groups is 2. The number of benzene rings is 3. The molecule has 3 rings (SSSR count). The third-order valence-electron chi connectivity index (χ3n) is 4.92. The monoisotopic (exact) mass is 489 g/mol. The van der Waals surface area contributed by atoms with Crippen LogP contribution < -0.4 is 4.74 Å². The van der Waals surface area contributed by atoms with Gasteiger partial charge in [0.2, 0.25) is 10.0 Å². The molecule has 0 unspecified atom stereocenters. The minimum atomic E-state index is -3.87. The van der Waals surface area contributed by atoms with Crippen molar-refractivity contribution in [2.24, 2.45) is 0 Å². The molecule has 9 heteroatoms. The number of rotatable bonds is 8. The Morgan fingerprint density at radius 3 is 1.94 bits per heavy atom. The van der Waals surface area contributed by atoms with E-state index in [4.69, 9.17) is 16.3 Å². The molecule has 0 radical (unpaired) electrons. The van der Waals surface area contributed by atoms with Gasteiger partial charge in [0, 0.05) is 24.2 Å². The lowest BCUT2D eigenvalue weighted by atomic mass is 10.0. The molecule has 0 fully saturated rings. The van der Waals surface area contributed by atoms with Gasteiger partial charge in [0.05, 0.1) is 10.6 Å². The predicted molar refractivity (Wildman–Crippen MR) is 123 cm³/mol. The standard InChI is InChI=1S/C24H21ClFNO5S/c1-3-27(4-2)33(30,31)22-15-18(9-14-21(22)25)24(29)32-20-12-7-17(8-13-20)23(28)16-5-10-19(26)11-6-16/h5-15H,3-4H2,1-2H3. The zero-order valence-electron chi connectivity index (χ0n) is 17.9. The summed E-state index contributed by atoms with van der Waals surface area (Å²) in [4.78, 5) is 24.9. The Bertz CT molecular complexity index is 1270. The largest absolute Gasteiger partial charge is 0.423 e. The van der Waals surface area contributed by atoms with E-state index in [1.165, 1.54) is 71.0 Å². The number of nitrogens with zero attached hydrogens (tertiary/aromatic N) is 1. The second-order valence-electron chi connectivity index (χ2n) is 6.98. The van der Waals surface area contributed by atoms with Crippen molar-refractivity contribution in [1.82, 2.24) is 4.31 Å². The molecule has 0 aliphatic carbocycles. The van der Waals surface area contributed by atoms with Gasteiger partial charge in [0.15, 0.2) is 5.78 Å². The summed E-state index contributed by atoms with van der Waals surface area (Å²) >= 11 is 6.10. The summed E-state index contributed by atoms with van der Waals surface area (Å²) in [6, 6.07) is 14.9. The molecule has 0 saturated carbocycles. The highest BCUT2D eigenvalue weighted by Crippen LogP contribution is 2.26. The lowest BCUT2D eigenvalue weighted by molar-refractivity contribution is 0.0734. The summed E-state index contributed by atoms with van der Waals surface area (Å²) in [6.07, 6.45) is 0. The second kappa shape index (κ2) is 10.2. The number of hydrogen-bond acceptors (Lipinski definition) is 5. The molecular weight excluding hydrogens is 469 g/mol. The molecular formula is C24H21ClFNO5S. The molecule has 0 N–H and O–H groups in total. The first kappa shape index (κ1) is 24.6. The number of ether oxygens (including phenoxy) is 1.